The van der Waals surface area contributed by atoms with E-state index in [9.17, 15) is 9.59 Å². The molecule has 2 aromatic heterocycles. The highest BCUT2D eigenvalue weighted by atomic mass is 16.5. The van der Waals surface area contributed by atoms with E-state index >= 15 is 0 Å². The van der Waals surface area contributed by atoms with E-state index < -0.39 is 5.91 Å². The lowest BCUT2D eigenvalue weighted by molar-refractivity contribution is -0.121. The highest BCUT2D eigenvalue weighted by molar-refractivity contribution is 5.96. The minimum Gasteiger partial charge on any atom is -0.488 e. The van der Waals surface area contributed by atoms with Crippen LogP contribution in [0.4, 0.5) is 0 Å². The fourth-order valence-electron chi connectivity index (χ4n) is 2.88. The van der Waals surface area contributed by atoms with Crippen LogP contribution in [-0.4, -0.2) is 21.8 Å². The molecule has 0 spiro atoms. The molecule has 0 unspecified atom stereocenters. The third kappa shape index (κ3) is 5.62. The summed E-state index contributed by atoms with van der Waals surface area (Å²) in [5.74, 6) is 0.0109. The molecule has 148 valence electrons. The second-order valence-electron chi connectivity index (χ2n) is 6.63. The molecule has 1 aromatic carbocycles. The van der Waals surface area contributed by atoms with E-state index in [0.717, 1.165) is 28.0 Å². The molecule has 7 heteroatoms. The molecule has 0 aliphatic rings. The van der Waals surface area contributed by atoms with Crippen molar-refractivity contribution in [1.29, 1.82) is 0 Å². The first-order valence-corrected chi connectivity index (χ1v) is 9.14. The molecule has 2 heterocycles. The van der Waals surface area contributed by atoms with Crippen molar-refractivity contribution in [3.63, 3.8) is 0 Å². The van der Waals surface area contributed by atoms with Crippen molar-refractivity contribution in [1.82, 2.24) is 20.8 Å². The zero-order valence-electron chi connectivity index (χ0n) is 16.3. The third-order valence-corrected chi connectivity index (χ3v) is 4.23. The summed E-state index contributed by atoms with van der Waals surface area (Å²) in [6.45, 7) is 4.15. The Labute approximate surface area is 169 Å². The average molecular weight is 390 g/mol. The van der Waals surface area contributed by atoms with Gasteiger partial charge in [-0.2, -0.15) is 0 Å². The van der Waals surface area contributed by atoms with Crippen LogP contribution in [0, 0.1) is 13.8 Å². The molecule has 0 radical (unpaired) electrons. The summed E-state index contributed by atoms with van der Waals surface area (Å²) in [6.07, 6.45) is 6.84. The Balaban J connectivity index is 1.58. The maximum absolute atomic E-state index is 12.4. The molecular formula is C22H22N4O3. The van der Waals surface area contributed by atoms with Crippen molar-refractivity contribution in [3.8, 4) is 5.75 Å². The molecule has 0 atom stereocenters. The minimum absolute atomic E-state index is 0.132. The van der Waals surface area contributed by atoms with Crippen LogP contribution in [0.25, 0.3) is 0 Å². The molecule has 0 saturated carbocycles. The van der Waals surface area contributed by atoms with Crippen LogP contribution in [0.5, 0.6) is 5.75 Å². The number of amides is 2. The van der Waals surface area contributed by atoms with Crippen LogP contribution in [0.3, 0.4) is 0 Å². The first-order valence-electron chi connectivity index (χ1n) is 9.14. The maximum atomic E-state index is 12.4. The SMILES string of the molecule is Cc1cc(C(=O)NNC(=O)Cc2cccnc2)cc(C)c1OCc1cccnc1. The molecule has 29 heavy (non-hydrogen) atoms. The summed E-state index contributed by atoms with van der Waals surface area (Å²) < 4.78 is 5.91. The fourth-order valence-corrected chi connectivity index (χ4v) is 2.88. The zero-order chi connectivity index (χ0) is 20.6. The van der Waals surface area contributed by atoms with Crippen molar-refractivity contribution >= 4 is 11.8 Å². The Morgan fingerprint density at radius 2 is 1.55 bits per heavy atom. The van der Waals surface area contributed by atoms with E-state index in [1.807, 2.05) is 26.0 Å². The molecule has 0 saturated heterocycles. The first-order chi connectivity index (χ1) is 14.0. The number of benzene rings is 1. The van der Waals surface area contributed by atoms with Crippen LogP contribution in [0.15, 0.2) is 61.2 Å². The van der Waals surface area contributed by atoms with Crippen LogP contribution < -0.4 is 15.6 Å². The topological polar surface area (TPSA) is 93.2 Å². The van der Waals surface area contributed by atoms with E-state index in [1.54, 1.807) is 49.1 Å². The van der Waals surface area contributed by atoms with Crippen molar-refractivity contribution in [2.45, 2.75) is 26.9 Å². The summed E-state index contributed by atoms with van der Waals surface area (Å²) in [6, 6.07) is 10.8. The molecule has 7 nitrogen and oxygen atoms in total. The van der Waals surface area contributed by atoms with Gasteiger partial charge in [0.1, 0.15) is 12.4 Å². The summed E-state index contributed by atoms with van der Waals surface area (Å²) in [5, 5.41) is 0. The highest BCUT2D eigenvalue weighted by Crippen LogP contribution is 2.25. The number of hydrogen-bond acceptors (Lipinski definition) is 5. The first kappa shape index (κ1) is 20.0. The van der Waals surface area contributed by atoms with E-state index in [2.05, 4.69) is 20.8 Å². The molecule has 0 fully saturated rings. The quantitative estimate of drug-likeness (QED) is 0.631. The predicted molar refractivity (Wildman–Crippen MR) is 108 cm³/mol. The van der Waals surface area contributed by atoms with Crippen LogP contribution in [-0.2, 0) is 17.8 Å². The largest absolute Gasteiger partial charge is 0.488 e. The van der Waals surface area contributed by atoms with Crippen LogP contribution in [0.2, 0.25) is 0 Å². The van der Waals surface area contributed by atoms with Crippen molar-refractivity contribution in [2.75, 3.05) is 0 Å². The number of nitrogens with one attached hydrogen (secondary N) is 2. The average Bonchev–Trinajstić information content (AvgIpc) is 2.73. The maximum Gasteiger partial charge on any atom is 0.269 e. The minimum atomic E-state index is -0.394. The van der Waals surface area contributed by atoms with Gasteiger partial charge in [-0.25, -0.2) is 0 Å². The van der Waals surface area contributed by atoms with Gasteiger partial charge in [0.15, 0.2) is 0 Å². The number of pyridine rings is 2. The standard InChI is InChI=1S/C22H22N4O3/c1-15-9-19(10-16(2)21(15)29-14-18-6-4-8-24-13-18)22(28)26-25-20(27)11-17-5-3-7-23-12-17/h3-10,12-13H,11,14H2,1-2H3,(H,25,27)(H,26,28). The number of nitrogens with zero attached hydrogens (tertiary/aromatic N) is 2. The Morgan fingerprint density at radius 3 is 2.14 bits per heavy atom. The van der Waals surface area contributed by atoms with Crippen LogP contribution in [0.1, 0.15) is 32.6 Å². The van der Waals surface area contributed by atoms with Gasteiger partial charge in [0.25, 0.3) is 5.91 Å². The van der Waals surface area contributed by atoms with Gasteiger partial charge >= 0.3 is 0 Å². The summed E-state index contributed by atoms with van der Waals surface area (Å²) in [7, 11) is 0. The predicted octanol–water partition coefficient (Wildman–Crippen LogP) is 2.68. The monoisotopic (exact) mass is 390 g/mol. The van der Waals surface area contributed by atoms with E-state index in [0.29, 0.717) is 12.2 Å². The highest BCUT2D eigenvalue weighted by Gasteiger charge is 2.13. The van der Waals surface area contributed by atoms with Gasteiger partial charge in [0.05, 0.1) is 6.42 Å². The molecular weight excluding hydrogens is 368 g/mol. The molecule has 0 bridgehead atoms. The van der Waals surface area contributed by atoms with Gasteiger partial charge in [0.2, 0.25) is 5.91 Å². The Morgan fingerprint density at radius 1 is 0.931 bits per heavy atom. The molecule has 2 amide bonds. The second kappa shape index (κ2) is 9.45. The Kier molecular flexibility index (Phi) is 6.52. The second-order valence-corrected chi connectivity index (χ2v) is 6.63. The van der Waals surface area contributed by atoms with Gasteiger partial charge < -0.3 is 4.74 Å². The van der Waals surface area contributed by atoms with Gasteiger partial charge in [-0.15, -0.1) is 0 Å². The van der Waals surface area contributed by atoms with E-state index in [4.69, 9.17) is 4.74 Å². The summed E-state index contributed by atoms with van der Waals surface area (Å²) in [5.41, 5.74) is 8.70. The van der Waals surface area contributed by atoms with Crippen molar-refractivity contribution < 1.29 is 14.3 Å². The number of hydrogen-bond donors (Lipinski definition) is 2. The third-order valence-electron chi connectivity index (χ3n) is 4.23. The molecule has 2 N–H and O–H groups in total. The van der Waals surface area contributed by atoms with Gasteiger partial charge in [-0.1, -0.05) is 12.1 Å². The van der Waals surface area contributed by atoms with Gasteiger partial charge in [-0.3, -0.25) is 30.4 Å². The summed E-state index contributed by atoms with van der Waals surface area (Å²) in [4.78, 5) is 32.4. The zero-order valence-corrected chi connectivity index (χ0v) is 16.3. The molecule has 3 rings (SSSR count). The van der Waals surface area contributed by atoms with Crippen molar-refractivity contribution in [3.05, 3.63) is 89.0 Å². The summed E-state index contributed by atoms with van der Waals surface area (Å²) >= 11 is 0. The number of carbonyl (C=O) groups is 2. The van der Waals surface area contributed by atoms with Gasteiger partial charge in [-0.05, 0) is 54.8 Å². The molecule has 3 aromatic rings. The van der Waals surface area contributed by atoms with Crippen LogP contribution >= 0.6 is 0 Å². The Bertz CT molecular complexity index is 968. The molecule has 0 aliphatic heterocycles. The number of hydrazine groups is 1. The number of carbonyl (C=O) groups excluding carboxylic acids is 2. The number of aromatic nitrogens is 2. The lowest BCUT2D eigenvalue weighted by Crippen LogP contribution is -2.42. The number of ether oxygens (including phenoxy) is 1. The Hall–Kier alpha value is -3.74. The fraction of sp³-hybridized carbons (Fsp3) is 0.182. The number of aryl methyl sites for hydroxylation is 2. The normalized spacial score (nSPS) is 10.3. The lowest BCUT2D eigenvalue weighted by Gasteiger charge is -2.14. The smallest absolute Gasteiger partial charge is 0.269 e. The van der Waals surface area contributed by atoms with Gasteiger partial charge in [0, 0.05) is 35.9 Å². The lowest BCUT2D eigenvalue weighted by atomic mass is 10.1. The van der Waals surface area contributed by atoms with E-state index in [-0.39, 0.29) is 12.3 Å². The molecule has 0 aliphatic carbocycles. The van der Waals surface area contributed by atoms with E-state index in [1.165, 1.54) is 0 Å². The number of rotatable bonds is 6. The van der Waals surface area contributed by atoms with Crippen molar-refractivity contribution in [2.24, 2.45) is 0 Å².